The first-order valence-corrected chi connectivity index (χ1v) is 12.6. The van der Waals surface area contributed by atoms with Gasteiger partial charge in [-0.1, -0.05) is 17.7 Å². The molecule has 0 aromatic heterocycles. The molecule has 35 heavy (non-hydrogen) atoms. The third-order valence-electron chi connectivity index (χ3n) is 4.78. The van der Waals surface area contributed by atoms with Crippen LogP contribution in [0, 0.1) is 0 Å². The van der Waals surface area contributed by atoms with Crippen LogP contribution in [-0.4, -0.2) is 40.1 Å². The normalized spacial score (nSPS) is 10.9. The molecular weight excluding hydrogens is 492 g/mol. The summed E-state index contributed by atoms with van der Waals surface area (Å²) in [5.74, 6) is -0.553. The second-order valence-electron chi connectivity index (χ2n) is 7.24. The molecule has 10 heteroatoms. The monoisotopic (exact) mass is 516 g/mol. The number of rotatable bonds is 10. The van der Waals surface area contributed by atoms with Crippen molar-refractivity contribution in [2.75, 3.05) is 29.4 Å². The molecule has 184 valence electrons. The Morgan fingerprint density at radius 3 is 2.26 bits per heavy atom. The number of nitrogens with zero attached hydrogens (tertiary/aromatic N) is 1. The zero-order valence-electron chi connectivity index (χ0n) is 19.2. The van der Waals surface area contributed by atoms with Crippen LogP contribution in [0.3, 0.4) is 0 Å². The van der Waals surface area contributed by atoms with E-state index in [1.165, 1.54) is 30.3 Å². The van der Waals surface area contributed by atoms with Gasteiger partial charge in [0.15, 0.2) is 0 Å². The largest absolute Gasteiger partial charge is 0.494 e. The summed E-state index contributed by atoms with van der Waals surface area (Å²) in [5.41, 5.74) is 0.872. The number of sulfonamides is 1. The molecular formula is C25H25ClN2O6S. The van der Waals surface area contributed by atoms with Crippen LogP contribution in [0.5, 0.6) is 5.75 Å². The van der Waals surface area contributed by atoms with E-state index in [1.54, 1.807) is 49.4 Å². The van der Waals surface area contributed by atoms with Crippen molar-refractivity contribution >= 4 is 44.9 Å². The molecule has 0 radical (unpaired) electrons. The lowest BCUT2D eigenvalue weighted by molar-refractivity contribution is -0.114. The van der Waals surface area contributed by atoms with Crippen LogP contribution in [0.25, 0.3) is 0 Å². The third-order valence-corrected chi connectivity index (χ3v) is 6.82. The Balaban J connectivity index is 1.89. The summed E-state index contributed by atoms with van der Waals surface area (Å²) in [6.07, 6.45) is 0. The van der Waals surface area contributed by atoms with E-state index < -0.39 is 28.4 Å². The minimum atomic E-state index is -4.11. The summed E-state index contributed by atoms with van der Waals surface area (Å²) in [4.78, 5) is 24.9. The molecule has 0 unspecified atom stereocenters. The van der Waals surface area contributed by atoms with Crippen LogP contribution in [-0.2, 0) is 19.6 Å². The van der Waals surface area contributed by atoms with Gasteiger partial charge in [0.1, 0.15) is 12.3 Å². The number of benzene rings is 3. The Morgan fingerprint density at radius 1 is 0.943 bits per heavy atom. The lowest BCUT2D eigenvalue weighted by Gasteiger charge is -2.24. The molecule has 3 aromatic rings. The second kappa shape index (κ2) is 11.7. The van der Waals surface area contributed by atoms with Gasteiger partial charge in [0.2, 0.25) is 5.91 Å². The Morgan fingerprint density at radius 2 is 1.63 bits per heavy atom. The number of carbonyl (C=O) groups excluding carboxylic acids is 2. The molecule has 0 aliphatic heterocycles. The predicted molar refractivity (Wildman–Crippen MR) is 135 cm³/mol. The van der Waals surface area contributed by atoms with Gasteiger partial charge in [0.05, 0.1) is 29.4 Å². The van der Waals surface area contributed by atoms with Crippen molar-refractivity contribution in [1.29, 1.82) is 0 Å². The second-order valence-corrected chi connectivity index (χ2v) is 9.54. The molecule has 0 aliphatic rings. The fourth-order valence-corrected chi connectivity index (χ4v) is 4.74. The fourth-order valence-electron chi connectivity index (χ4n) is 3.19. The summed E-state index contributed by atoms with van der Waals surface area (Å²) in [6.45, 7) is 3.70. The zero-order valence-corrected chi connectivity index (χ0v) is 20.8. The first kappa shape index (κ1) is 26.1. The third kappa shape index (κ3) is 6.74. The average Bonchev–Trinajstić information content (AvgIpc) is 2.84. The summed E-state index contributed by atoms with van der Waals surface area (Å²) >= 11 is 5.92. The highest BCUT2D eigenvalue weighted by atomic mass is 35.5. The Hall–Kier alpha value is -3.56. The van der Waals surface area contributed by atoms with E-state index >= 15 is 0 Å². The van der Waals surface area contributed by atoms with Gasteiger partial charge in [-0.25, -0.2) is 13.2 Å². The Labute approximate surface area is 209 Å². The van der Waals surface area contributed by atoms with Crippen LogP contribution in [0.4, 0.5) is 11.4 Å². The number of hydrogen-bond acceptors (Lipinski definition) is 6. The molecule has 1 amide bonds. The number of ether oxygens (including phenoxy) is 2. The number of carbonyl (C=O) groups is 2. The van der Waals surface area contributed by atoms with Gasteiger partial charge >= 0.3 is 5.97 Å². The molecule has 8 nitrogen and oxygen atoms in total. The van der Waals surface area contributed by atoms with Crippen LogP contribution >= 0.6 is 11.6 Å². The number of nitrogens with one attached hydrogen (secondary N) is 1. The Bertz CT molecular complexity index is 1280. The summed E-state index contributed by atoms with van der Waals surface area (Å²) in [5, 5.41) is 3.03. The van der Waals surface area contributed by atoms with Gasteiger partial charge in [-0.15, -0.1) is 0 Å². The predicted octanol–water partition coefficient (Wildman–Crippen LogP) is 4.75. The molecule has 3 rings (SSSR count). The van der Waals surface area contributed by atoms with Crippen LogP contribution < -0.4 is 14.4 Å². The highest BCUT2D eigenvalue weighted by Crippen LogP contribution is 2.27. The molecule has 0 bridgehead atoms. The number of anilines is 2. The van der Waals surface area contributed by atoms with Crippen LogP contribution in [0.15, 0.2) is 77.7 Å². The highest BCUT2D eigenvalue weighted by molar-refractivity contribution is 7.92. The maximum atomic E-state index is 13.5. The molecule has 1 N–H and O–H groups in total. The molecule has 0 saturated heterocycles. The van der Waals surface area contributed by atoms with Gasteiger partial charge in [-0.3, -0.25) is 9.10 Å². The van der Waals surface area contributed by atoms with E-state index in [2.05, 4.69) is 5.32 Å². The van der Waals surface area contributed by atoms with Crippen molar-refractivity contribution in [3.63, 3.8) is 0 Å². The van der Waals surface area contributed by atoms with Crippen LogP contribution in [0.1, 0.15) is 24.2 Å². The standard InChI is InChI=1S/C25H25ClN2O6S/c1-3-33-22-12-10-21(11-13-22)28(35(31,32)23-14-8-19(26)9-15-23)17-24(29)27-20-7-5-6-18(16-20)25(30)34-4-2/h5-16H,3-4,17H2,1-2H3,(H,27,29). The van der Waals surface area contributed by atoms with Crippen molar-refractivity contribution < 1.29 is 27.5 Å². The maximum absolute atomic E-state index is 13.5. The minimum absolute atomic E-state index is 0.0205. The van der Waals surface area contributed by atoms with Gasteiger partial charge in [-0.2, -0.15) is 0 Å². The first-order chi connectivity index (χ1) is 16.7. The SMILES string of the molecule is CCOC(=O)c1cccc(NC(=O)CN(c2ccc(OCC)cc2)S(=O)(=O)c2ccc(Cl)cc2)c1. The minimum Gasteiger partial charge on any atom is -0.494 e. The van der Waals surface area contributed by atoms with Gasteiger partial charge in [0, 0.05) is 10.7 Å². The number of esters is 1. The molecule has 0 saturated carbocycles. The molecule has 0 fully saturated rings. The number of hydrogen-bond donors (Lipinski definition) is 1. The molecule has 0 heterocycles. The first-order valence-electron chi connectivity index (χ1n) is 10.8. The van der Waals surface area contributed by atoms with Gasteiger partial charge < -0.3 is 14.8 Å². The lowest BCUT2D eigenvalue weighted by atomic mass is 10.2. The average molecular weight is 517 g/mol. The van der Waals surface area contributed by atoms with Crippen molar-refractivity contribution in [2.24, 2.45) is 0 Å². The summed E-state index contributed by atoms with van der Waals surface area (Å²) in [7, 11) is -4.11. The van der Waals surface area contributed by atoms with E-state index in [-0.39, 0.29) is 22.8 Å². The van der Waals surface area contributed by atoms with Gasteiger partial charge in [0.25, 0.3) is 10.0 Å². The van der Waals surface area contributed by atoms with E-state index in [1.807, 2.05) is 6.92 Å². The van der Waals surface area contributed by atoms with Crippen molar-refractivity contribution in [2.45, 2.75) is 18.7 Å². The molecule has 0 atom stereocenters. The topological polar surface area (TPSA) is 102 Å². The molecule has 0 aliphatic carbocycles. The van der Waals surface area contributed by atoms with Gasteiger partial charge in [-0.05, 0) is 80.6 Å². The van der Waals surface area contributed by atoms with E-state index in [0.717, 1.165) is 4.31 Å². The Kier molecular flexibility index (Phi) is 8.73. The van der Waals surface area contributed by atoms with E-state index in [0.29, 0.717) is 23.1 Å². The maximum Gasteiger partial charge on any atom is 0.338 e. The van der Waals surface area contributed by atoms with Crippen molar-refractivity contribution in [1.82, 2.24) is 0 Å². The summed E-state index contributed by atoms with van der Waals surface area (Å²) in [6, 6.07) is 18.3. The number of halogens is 1. The van der Waals surface area contributed by atoms with Crippen LogP contribution in [0.2, 0.25) is 5.02 Å². The van der Waals surface area contributed by atoms with E-state index in [9.17, 15) is 18.0 Å². The lowest BCUT2D eigenvalue weighted by Crippen LogP contribution is -2.38. The summed E-state index contributed by atoms with van der Waals surface area (Å²) < 4.78 is 38.3. The fraction of sp³-hybridized carbons (Fsp3) is 0.200. The molecule has 3 aromatic carbocycles. The number of amides is 1. The smallest absolute Gasteiger partial charge is 0.338 e. The molecule has 0 spiro atoms. The quantitative estimate of drug-likeness (QED) is 0.390. The zero-order chi connectivity index (χ0) is 25.4. The highest BCUT2D eigenvalue weighted by Gasteiger charge is 2.27. The van der Waals surface area contributed by atoms with Crippen molar-refractivity contribution in [3.8, 4) is 5.75 Å². The van der Waals surface area contributed by atoms with E-state index in [4.69, 9.17) is 21.1 Å². The van der Waals surface area contributed by atoms with Crippen molar-refractivity contribution in [3.05, 3.63) is 83.4 Å².